The van der Waals surface area contributed by atoms with Crippen molar-refractivity contribution in [1.82, 2.24) is 0 Å². The summed E-state index contributed by atoms with van der Waals surface area (Å²) < 4.78 is -0.256. The monoisotopic (exact) mass is 250 g/mol. The smallest absolute Gasteiger partial charge is 0.343 e. The summed E-state index contributed by atoms with van der Waals surface area (Å²) in [7, 11) is 0. The van der Waals surface area contributed by atoms with Crippen molar-refractivity contribution < 1.29 is 19.8 Å². The largest absolute Gasteiger partial charge is 0.478 e. The maximum absolute atomic E-state index is 10.6. The maximum Gasteiger partial charge on any atom is 0.343 e. The van der Waals surface area contributed by atoms with Gasteiger partial charge in [-0.15, -0.1) is 0 Å². The standard InChI is InChI=1S/C8H11BrO4/c1-2-3-4-5(7(10)11)6(9)8(12)13/h2-4H2,1H3,(H,10,11)(H,12,13)/b6-5+. The van der Waals surface area contributed by atoms with E-state index in [4.69, 9.17) is 10.2 Å². The predicted molar refractivity (Wildman–Crippen MR) is 50.7 cm³/mol. The van der Waals surface area contributed by atoms with Gasteiger partial charge in [0.05, 0.1) is 5.57 Å². The van der Waals surface area contributed by atoms with Crippen molar-refractivity contribution in [2.24, 2.45) is 0 Å². The molecule has 0 bridgehead atoms. The van der Waals surface area contributed by atoms with E-state index in [1.807, 2.05) is 6.92 Å². The Morgan fingerprint density at radius 1 is 1.23 bits per heavy atom. The van der Waals surface area contributed by atoms with Gasteiger partial charge in [0.2, 0.25) is 0 Å². The molecule has 0 radical (unpaired) electrons. The highest BCUT2D eigenvalue weighted by Gasteiger charge is 2.16. The lowest BCUT2D eigenvalue weighted by atomic mass is 10.1. The van der Waals surface area contributed by atoms with Crippen LogP contribution >= 0.6 is 15.9 Å². The Morgan fingerprint density at radius 2 is 1.77 bits per heavy atom. The van der Waals surface area contributed by atoms with E-state index in [0.717, 1.165) is 6.42 Å². The average Bonchev–Trinajstić information content (AvgIpc) is 2.04. The fourth-order valence-corrected chi connectivity index (χ4v) is 1.16. The lowest BCUT2D eigenvalue weighted by Crippen LogP contribution is -2.07. The topological polar surface area (TPSA) is 74.6 Å². The van der Waals surface area contributed by atoms with Crippen molar-refractivity contribution in [3.63, 3.8) is 0 Å². The van der Waals surface area contributed by atoms with E-state index in [9.17, 15) is 9.59 Å². The van der Waals surface area contributed by atoms with Crippen molar-refractivity contribution >= 4 is 27.9 Å². The molecule has 0 aromatic rings. The first-order valence-corrected chi connectivity index (χ1v) is 4.65. The highest BCUT2D eigenvalue weighted by Crippen LogP contribution is 2.18. The molecule has 0 saturated heterocycles. The van der Waals surface area contributed by atoms with Gasteiger partial charge >= 0.3 is 11.9 Å². The minimum atomic E-state index is -1.24. The maximum atomic E-state index is 10.6. The van der Waals surface area contributed by atoms with E-state index < -0.39 is 11.9 Å². The van der Waals surface area contributed by atoms with E-state index in [0.29, 0.717) is 6.42 Å². The molecule has 0 amide bonds. The Balaban J connectivity index is 4.67. The summed E-state index contributed by atoms with van der Waals surface area (Å²) in [5.41, 5.74) is -0.0747. The number of halogens is 1. The fourth-order valence-electron chi connectivity index (χ4n) is 0.793. The van der Waals surface area contributed by atoms with Gasteiger partial charge in [0.25, 0.3) is 0 Å². The quantitative estimate of drug-likeness (QED) is 0.732. The normalized spacial score (nSPS) is 12.2. The minimum Gasteiger partial charge on any atom is -0.478 e. The Morgan fingerprint density at radius 3 is 2.08 bits per heavy atom. The zero-order chi connectivity index (χ0) is 10.4. The van der Waals surface area contributed by atoms with E-state index >= 15 is 0 Å². The number of carboxylic acid groups (broad SMARTS) is 2. The van der Waals surface area contributed by atoms with Gasteiger partial charge in [-0.25, -0.2) is 9.59 Å². The second-order valence-electron chi connectivity index (χ2n) is 2.51. The van der Waals surface area contributed by atoms with Crippen molar-refractivity contribution in [2.75, 3.05) is 0 Å². The molecule has 13 heavy (non-hydrogen) atoms. The van der Waals surface area contributed by atoms with Gasteiger partial charge in [-0.3, -0.25) is 0 Å². The highest BCUT2D eigenvalue weighted by molar-refractivity contribution is 9.12. The molecule has 2 N–H and O–H groups in total. The molecular formula is C8H11BrO4. The van der Waals surface area contributed by atoms with Gasteiger partial charge in [0, 0.05) is 0 Å². The highest BCUT2D eigenvalue weighted by atomic mass is 79.9. The van der Waals surface area contributed by atoms with E-state index in [2.05, 4.69) is 15.9 Å². The molecular weight excluding hydrogens is 240 g/mol. The second kappa shape index (κ2) is 5.75. The fraction of sp³-hybridized carbons (Fsp3) is 0.500. The van der Waals surface area contributed by atoms with Crippen LogP contribution in [0, 0.1) is 0 Å². The Bertz CT molecular complexity index is 245. The second-order valence-corrected chi connectivity index (χ2v) is 3.30. The van der Waals surface area contributed by atoms with Gasteiger partial charge in [-0.05, 0) is 28.8 Å². The van der Waals surface area contributed by atoms with Gasteiger partial charge in [0.1, 0.15) is 4.48 Å². The molecule has 0 rings (SSSR count). The summed E-state index contributed by atoms with van der Waals surface area (Å²) in [4.78, 5) is 21.0. The third-order valence-corrected chi connectivity index (χ3v) is 2.31. The first-order valence-electron chi connectivity index (χ1n) is 3.86. The zero-order valence-electron chi connectivity index (χ0n) is 7.21. The number of hydrogen-bond acceptors (Lipinski definition) is 2. The minimum absolute atomic E-state index is 0.0747. The lowest BCUT2D eigenvalue weighted by Gasteiger charge is -2.01. The molecule has 0 saturated carbocycles. The van der Waals surface area contributed by atoms with Gasteiger partial charge < -0.3 is 10.2 Å². The molecule has 0 atom stereocenters. The third-order valence-electron chi connectivity index (χ3n) is 1.49. The number of hydrogen-bond donors (Lipinski definition) is 2. The molecule has 0 aliphatic rings. The summed E-state index contributed by atoms with van der Waals surface area (Å²) in [5.74, 6) is -2.42. The van der Waals surface area contributed by atoms with Crippen LogP contribution in [0.5, 0.6) is 0 Å². The molecule has 74 valence electrons. The molecule has 0 heterocycles. The zero-order valence-corrected chi connectivity index (χ0v) is 8.80. The predicted octanol–water partition coefficient (Wildman–Crippen LogP) is 1.99. The van der Waals surface area contributed by atoms with Crippen molar-refractivity contribution in [2.45, 2.75) is 26.2 Å². The molecule has 5 heteroatoms. The van der Waals surface area contributed by atoms with Crippen molar-refractivity contribution in [1.29, 1.82) is 0 Å². The van der Waals surface area contributed by atoms with E-state index in [-0.39, 0.29) is 16.5 Å². The first-order chi connectivity index (χ1) is 6.00. The Labute approximate surface area is 84.4 Å². The molecule has 0 aliphatic heterocycles. The Kier molecular flexibility index (Phi) is 5.37. The number of aliphatic carboxylic acids is 2. The number of rotatable bonds is 5. The molecule has 0 unspecified atom stereocenters. The van der Waals surface area contributed by atoms with Gasteiger partial charge in [-0.1, -0.05) is 13.3 Å². The third kappa shape index (κ3) is 4.07. The van der Waals surface area contributed by atoms with Gasteiger partial charge in [-0.2, -0.15) is 0 Å². The first kappa shape index (κ1) is 12.2. The molecule has 0 fully saturated rings. The van der Waals surface area contributed by atoms with Crippen LogP contribution < -0.4 is 0 Å². The van der Waals surface area contributed by atoms with Crippen molar-refractivity contribution in [3.05, 3.63) is 10.1 Å². The van der Waals surface area contributed by atoms with Crippen LogP contribution in [-0.2, 0) is 9.59 Å². The summed E-state index contributed by atoms with van der Waals surface area (Å²) in [6.07, 6.45) is 1.78. The Hall–Kier alpha value is -0.840. The number of carbonyl (C=O) groups is 2. The van der Waals surface area contributed by atoms with Crippen LogP contribution in [0.1, 0.15) is 26.2 Å². The van der Waals surface area contributed by atoms with Crippen LogP contribution in [0.3, 0.4) is 0 Å². The molecule has 0 spiro atoms. The molecule has 0 aromatic heterocycles. The van der Waals surface area contributed by atoms with E-state index in [1.54, 1.807) is 0 Å². The summed E-state index contributed by atoms with van der Waals surface area (Å²) in [5, 5.41) is 17.2. The lowest BCUT2D eigenvalue weighted by molar-refractivity contribution is -0.135. The molecule has 0 aromatic carbocycles. The summed E-state index contributed by atoms with van der Waals surface area (Å²) in [6, 6.07) is 0. The number of carboxylic acids is 2. The summed E-state index contributed by atoms with van der Waals surface area (Å²) in [6.45, 7) is 1.91. The summed E-state index contributed by atoms with van der Waals surface area (Å²) >= 11 is 2.74. The number of unbranched alkanes of at least 4 members (excludes halogenated alkanes) is 1. The molecule has 4 nitrogen and oxygen atoms in total. The SMILES string of the molecule is CCCC/C(C(=O)O)=C(\Br)C(=O)O. The van der Waals surface area contributed by atoms with Gasteiger partial charge in [0.15, 0.2) is 0 Å². The van der Waals surface area contributed by atoms with Crippen LogP contribution in [0.25, 0.3) is 0 Å². The van der Waals surface area contributed by atoms with Crippen molar-refractivity contribution in [3.8, 4) is 0 Å². The van der Waals surface area contributed by atoms with Crippen LogP contribution in [-0.4, -0.2) is 22.2 Å². The van der Waals surface area contributed by atoms with Crippen LogP contribution in [0.2, 0.25) is 0 Å². The average molecular weight is 251 g/mol. The van der Waals surface area contributed by atoms with Crippen LogP contribution in [0.15, 0.2) is 10.1 Å². The molecule has 0 aliphatic carbocycles. The van der Waals surface area contributed by atoms with Crippen LogP contribution in [0.4, 0.5) is 0 Å². The van der Waals surface area contributed by atoms with E-state index in [1.165, 1.54) is 0 Å².